The zero-order valence-corrected chi connectivity index (χ0v) is 15.3. The van der Waals surface area contributed by atoms with E-state index in [1.807, 2.05) is 0 Å². The van der Waals surface area contributed by atoms with Gasteiger partial charge >= 0.3 is 0 Å². The Morgan fingerprint density at radius 1 is 0.650 bits per heavy atom. The van der Waals surface area contributed by atoms with Crippen LogP contribution in [0.2, 0.25) is 0 Å². The van der Waals surface area contributed by atoms with Gasteiger partial charge in [0.25, 0.3) is 0 Å². The molecule has 1 saturated heterocycles. The number of rotatable bonds is 13. The van der Waals surface area contributed by atoms with Crippen molar-refractivity contribution in [1.29, 1.82) is 0 Å². The predicted molar refractivity (Wildman–Crippen MR) is 99.0 cm³/mol. The number of hydrogen-bond acceptors (Lipinski definition) is 2. The molecule has 120 valence electrons. The summed E-state index contributed by atoms with van der Waals surface area (Å²) in [4.78, 5) is 0. The fourth-order valence-corrected chi connectivity index (χ4v) is 5.81. The van der Waals surface area contributed by atoms with Gasteiger partial charge in [0, 0.05) is 0 Å². The van der Waals surface area contributed by atoms with E-state index in [-0.39, 0.29) is 0 Å². The van der Waals surface area contributed by atoms with Gasteiger partial charge < -0.3 is 0 Å². The lowest BCUT2D eigenvalue weighted by molar-refractivity contribution is 0.542. The highest BCUT2D eigenvalue weighted by Crippen LogP contribution is 2.34. The first kappa shape index (κ1) is 18.7. The van der Waals surface area contributed by atoms with Crippen LogP contribution in [0.25, 0.3) is 0 Å². The minimum absolute atomic E-state index is 0.937. The monoisotopic (exact) mass is 316 g/mol. The molecule has 0 aliphatic carbocycles. The maximum atomic E-state index is 2.30. The largest absolute Gasteiger partial charge is 0.148 e. The number of thioether (sulfide) groups is 2. The molecule has 1 heterocycles. The van der Waals surface area contributed by atoms with Gasteiger partial charge in [-0.3, -0.25) is 0 Å². The molecule has 0 atom stereocenters. The molecule has 1 rings (SSSR count). The van der Waals surface area contributed by atoms with Gasteiger partial charge in [-0.2, -0.15) is 0 Å². The van der Waals surface area contributed by atoms with Crippen LogP contribution in [-0.2, 0) is 0 Å². The van der Waals surface area contributed by atoms with E-state index in [2.05, 4.69) is 30.4 Å². The van der Waals surface area contributed by atoms with Crippen LogP contribution in [-0.4, -0.2) is 16.1 Å². The molecule has 0 amide bonds. The highest BCUT2D eigenvalue weighted by atomic mass is 32.2. The highest BCUT2D eigenvalue weighted by Gasteiger charge is 2.13. The molecule has 1 aliphatic rings. The highest BCUT2D eigenvalue weighted by molar-refractivity contribution is 8.17. The van der Waals surface area contributed by atoms with Gasteiger partial charge in [0.05, 0.1) is 4.58 Å². The van der Waals surface area contributed by atoms with Crippen LogP contribution in [0.5, 0.6) is 0 Å². The second-order valence-electron chi connectivity index (χ2n) is 6.20. The molecule has 0 aromatic heterocycles. The maximum Gasteiger partial charge on any atom is 0.0502 e. The first-order chi connectivity index (χ1) is 9.93. The molecule has 0 nitrogen and oxygen atoms in total. The van der Waals surface area contributed by atoms with Gasteiger partial charge in [-0.15, -0.1) is 23.5 Å². The number of unbranched alkanes of at least 4 members (excludes halogenated alkanes) is 11. The van der Waals surface area contributed by atoms with Crippen molar-refractivity contribution in [2.24, 2.45) is 0 Å². The van der Waals surface area contributed by atoms with Crippen LogP contribution in [0.15, 0.2) is 0 Å². The summed E-state index contributed by atoms with van der Waals surface area (Å²) in [5.74, 6) is 2.83. The van der Waals surface area contributed by atoms with Crippen molar-refractivity contribution >= 4 is 23.5 Å². The van der Waals surface area contributed by atoms with Crippen molar-refractivity contribution in [3.63, 3.8) is 0 Å². The normalized spacial score (nSPS) is 16.6. The summed E-state index contributed by atoms with van der Waals surface area (Å²) in [6.07, 6.45) is 20.5. The summed E-state index contributed by atoms with van der Waals surface area (Å²) < 4.78 is 0.937. The molecule has 0 spiro atoms. The Hall–Kier alpha value is 0.700. The summed E-state index contributed by atoms with van der Waals surface area (Å²) in [5.41, 5.74) is 0. The molecule has 20 heavy (non-hydrogen) atoms. The van der Waals surface area contributed by atoms with Crippen molar-refractivity contribution in [3.05, 3.63) is 0 Å². The minimum Gasteiger partial charge on any atom is -0.148 e. The summed E-state index contributed by atoms with van der Waals surface area (Å²) in [5, 5.41) is 0. The molecule has 0 saturated carbocycles. The standard InChI is InChI=1S/C18H36S2/c1-2-3-4-5-6-7-8-9-10-11-12-13-15-18-19-16-14-17-20-18/h18H,2-17H2,1H3. The molecule has 1 fully saturated rings. The first-order valence-electron chi connectivity index (χ1n) is 9.16. The molecular weight excluding hydrogens is 280 g/mol. The molecule has 0 radical (unpaired) electrons. The molecule has 0 unspecified atom stereocenters. The van der Waals surface area contributed by atoms with E-state index in [0.717, 1.165) is 4.58 Å². The Labute approximate surface area is 136 Å². The SMILES string of the molecule is CCCCCCCCCCCCCCC1SCCCS1. The minimum atomic E-state index is 0.937. The molecule has 1 aliphatic heterocycles. The third-order valence-corrected chi connectivity index (χ3v) is 7.27. The fourth-order valence-electron chi connectivity index (χ4n) is 2.86. The van der Waals surface area contributed by atoms with Gasteiger partial charge in [-0.05, 0) is 24.3 Å². The fraction of sp³-hybridized carbons (Fsp3) is 1.00. The topological polar surface area (TPSA) is 0 Å². The third-order valence-electron chi connectivity index (χ3n) is 4.19. The molecule has 0 aromatic rings. The Balaban J connectivity index is 1.70. The van der Waals surface area contributed by atoms with Gasteiger partial charge in [0.15, 0.2) is 0 Å². The van der Waals surface area contributed by atoms with E-state index < -0.39 is 0 Å². The third kappa shape index (κ3) is 11.4. The first-order valence-corrected chi connectivity index (χ1v) is 11.3. The van der Waals surface area contributed by atoms with Gasteiger partial charge in [-0.25, -0.2) is 0 Å². The van der Waals surface area contributed by atoms with Crippen LogP contribution < -0.4 is 0 Å². The zero-order valence-electron chi connectivity index (χ0n) is 13.7. The second kappa shape index (κ2) is 14.6. The van der Waals surface area contributed by atoms with E-state index in [1.54, 1.807) is 0 Å². The van der Waals surface area contributed by atoms with Crippen LogP contribution in [0, 0.1) is 0 Å². The number of hydrogen-bond donors (Lipinski definition) is 0. The van der Waals surface area contributed by atoms with Crippen LogP contribution in [0.4, 0.5) is 0 Å². The van der Waals surface area contributed by atoms with Crippen LogP contribution >= 0.6 is 23.5 Å². The lowest BCUT2D eigenvalue weighted by Gasteiger charge is -2.20. The summed E-state index contributed by atoms with van der Waals surface area (Å²) in [6, 6.07) is 0. The van der Waals surface area contributed by atoms with Gasteiger partial charge in [0.2, 0.25) is 0 Å². The quantitative estimate of drug-likeness (QED) is 0.327. The van der Waals surface area contributed by atoms with Gasteiger partial charge in [-0.1, -0.05) is 84.0 Å². The van der Waals surface area contributed by atoms with Crippen molar-refractivity contribution in [2.75, 3.05) is 11.5 Å². The molecule has 0 N–H and O–H groups in total. The Morgan fingerprint density at radius 2 is 1.10 bits per heavy atom. The van der Waals surface area contributed by atoms with E-state index in [9.17, 15) is 0 Å². The molecule has 2 heteroatoms. The Kier molecular flexibility index (Phi) is 13.7. The van der Waals surface area contributed by atoms with E-state index in [4.69, 9.17) is 0 Å². The van der Waals surface area contributed by atoms with Crippen molar-refractivity contribution in [2.45, 2.75) is 101 Å². The average molecular weight is 317 g/mol. The Bertz CT molecular complexity index is 188. The molecule has 0 bridgehead atoms. The summed E-state index contributed by atoms with van der Waals surface area (Å²) in [6.45, 7) is 2.30. The average Bonchev–Trinajstić information content (AvgIpc) is 2.49. The Morgan fingerprint density at radius 3 is 1.60 bits per heavy atom. The van der Waals surface area contributed by atoms with Crippen LogP contribution in [0.1, 0.15) is 96.8 Å². The zero-order chi connectivity index (χ0) is 14.3. The maximum absolute atomic E-state index is 2.30. The smallest absolute Gasteiger partial charge is 0.0502 e. The predicted octanol–water partition coefficient (Wildman–Crippen LogP) is 7.27. The lowest BCUT2D eigenvalue weighted by Crippen LogP contribution is -2.06. The van der Waals surface area contributed by atoms with Crippen molar-refractivity contribution in [3.8, 4) is 0 Å². The molecule has 0 aromatic carbocycles. The molecular formula is C18H36S2. The lowest BCUT2D eigenvalue weighted by atomic mass is 10.0. The van der Waals surface area contributed by atoms with E-state index in [1.165, 1.54) is 101 Å². The summed E-state index contributed by atoms with van der Waals surface area (Å²) >= 11 is 4.42. The second-order valence-corrected chi connectivity index (χ2v) is 9.12. The van der Waals surface area contributed by atoms with Crippen molar-refractivity contribution in [1.82, 2.24) is 0 Å². The summed E-state index contributed by atoms with van der Waals surface area (Å²) in [7, 11) is 0. The van der Waals surface area contributed by atoms with Crippen molar-refractivity contribution < 1.29 is 0 Å². The van der Waals surface area contributed by atoms with E-state index in [0.29, 0.717) is 0 Å². The van der Waals surface area contributed by atoms with Crippen LogP contribution in [0.3, 0.4) is 0 Å². The van der Waals surface area contributed by atoms with Gasteiger partial charge in [0.1, 0.15) is 0 Å². The van der Waals surface area contributed by atoms with E-state index >= 15 is 0 Å².